The first-order chi connectivity index (χ1) is 8.29. The van der Waals surface area contributed by atoms with Gasteiger partial charge in [0.2, 0.25) is 10.0 Å². The van der Waals surface area contributed by atoms with Crippen LogP contribution in [0.4, 0.5) is 0 Å². The third-order valence-electron chi connectivity index (χ3n) is 2.51. The molecule has 0 fully saturated rings. The van der Waals surface area contributed by atoms with Crippen molar-refractivity contribution < 1.29 is 13.5 Å². The van der Waals surface area contributed by atoms with Gasteiger partial charge in [0.05, 0.1) is 16.7 Å². The highest BCUT2D eigenvalue weighted by atomic mass is 35.5. The maximum Gasteiger partial charge on any atom is 0.242 e. The van der Waals surface area contributed by atoms with Crippen LogP contribution in [0.25, 0.3) is 0 Å². The van der Waals surface area contributed by atoms with Gasteiger partial charge in [0.1, 0.15) is 4.90 Å². The third-order valence-corrected chi connectivity index (χ3v) is 4.98. The SMILES string of the molecule is CC(C)C(CO)NS(=O)(=O)c1cccc(Cl)c1Cl. The Kier molecular flexibility index (Phi) is 5.43. The summed E-state index contributed by atoms with van der Waals surface area (Å²) in [5.41, 5.74) is 0. The molecular weight excluding hydrogens is 297 g/mol. The molecule has 1 aromatic rings. The molecule has 0 heterocycles. The Labute approximate surface area is 117 Å². The second-order valence-electron chi connectivity index (χ2n) is 4.21. The van der Waals surface area contributed by atoms with Gasteiger partial charge in [-0.1, -0.05) is 43.1 Å². The van der Waals surface area contributed by atoms with Crippen molar-refractivity contribution in [3.63, 3.8) is 0 Å². The number of hydrogen-bond donors (Lipinski definition) is 2. The van der Waals surface area contributed by atoms with Crippen molar-refractivity contribution in [1.29, 1.82) is 0 Å². The van der Waals surface area contributed by atoms with Crippen LogP contribution in [-0.2, 0) is 10.0 Å². The summed E-state index contributed by atoms with van der Waals surface area (Å²) >= 11 is 11.6. The normalized spacial score (nSPS) is 13.9. The van der Waals surface area contributed by atoms with Gasteiger partial charge in [0.25, 0.3) is 0 Å². The van der Waals surface area contributed by atoms with Gasteiger partial charge in [0, 0.05) is 6.04 Å². The van der Waals surface area contributed by atoms with E-state index < -0.39 is 16.1 Å². The number of sulfonamides is 1. The zero-order valence-corrected chi connectivity index (χ0v) is 12.4. The molecule has 2 N–H and O–H groups in total. The molecule has 4 nitrogen and oxygen atoms in total. The predicted octanol–water partition coefficient (Wildman–Crippen LogP) is 2.29. The van der Waals surface area contributed by atoms with Crippen molar-refractivity contribution in [3.8, 4) is 0 Å². The van der Waals surface area contributed by atoms with Gasteiger partial charge in [-0.2, -0.15) is 0 Å². The lowest BCUT2D eigenvalue weighted by Crippen LogP contribution is -2.41. The first-order valence-corrected chi connectivity index (χ1v) is 7.60. The van der Waals surface area contributed by atoms with Gasteiger partial charge in [-0.15, -0.1) is 0 Å². The second-order valence-corrected chi connectivity index (χ2v) is 6.67. The Bertz CT molecular complexity index is 517. The van der Waals surface area contributed by atoms with Crippen LogP contribution in [0.5, 0.6) is 0 Å². The lowest BCUT2D eigenvalue weighted by Gasteiger charge is -2.20. The number of benzene rings is 1. The van der Waals surface area contributed by atoms with E-state index in [1.54, 1.807) is 0 Å². The highest BCUT2D eigenvalue weighted by Gasteiger charge is 2.24. The molecule has 0 aliphatic carbocycles. The number of rotatable bonds is 5. The van der Waals surface area contributed by atoms with E-state index in [-0.39, 0.29) is 27.5 Å². The fourth-order valence-corrected chi connectivity index (χ4v) is 3.48. The number of nitrogens with one attached hydrogen (secondary N) is 1. The summed E-state index contributed by atoms with van der Waals surface area (Å²) in [5, 5.41) is 9.29. The third kappa shape index (κ3) is 3.59. The van der Waals surface area contributed by atoms with E-state index in [2.05, 4.69) is 4.72 Å². The average molecular weight is 312 g/mol. The fraction of sp³-hybridized carbons (Fsp3) is 0.455. The van der Waals surface area contributed by atoms with Crippen LogP contribution in [-0.4, -0.2) is 26.2 Å². The van der Waals surface area contributed by atoms with Crippen molar-refractivity contribution in [2.45, 2.75) is 24.8 Å². The molecule has 18 heavy (non-hydrogen) atoms. The summed E-state index contributed by atoms with van der Waals surface area (Å²) in [6.45, 7) is 3.33. The van der Waals surface area contributed by atoms with E-state index in [4.69, 9.17) is 28.3 Å². The van der Waals surface area contributed by atoms with Crippen molar-refractivity contribution >= 4 is 33.2 Å². The number of halogens is 2. The minimum atomic E-state index is -3.80. The van der Waals surface area contributed by atoms with Crippen LogP contribution in [0.3, 0.4) is 0 Å². The van der Waals surface area contributed by atoms with Gasteiger partial charge in [-0.3, -0.25) is 0 Å². The average Bonchev–Trinajstić information content (AvgIpc) is 2.29. The van der Waals surface area contributed by atoms with E-state index in [1.165, 1.54) is 18.2 Å². The maximum absolute atomic E-state index is 12.1. The fourth-order valence-electron chi connectivity index (χ4n) is 1.34. The lowest BCUT2D eigenvalue weighted by atomic mass is 10.1. The number of aliphatic hydroxyl groups is 1. The van der Waals surface area contributed by atoms with Gasteiger partial charge in [-0.25, -0.2) is 13.1 Å². The molecular formula is C11H15Cl2NO3S. The van der Waals surface area contributed by atoms with E-state index in [1.807, 2.05) is 13.8 Å². The second kappa shape index (κ2) is 6.21. The molecule has 1 unspecified atom stereocenters. The smallest absolute Gasteiger partial charge is 0.242 e. The van der Waals surface area contributed by atoms with Gasteiger partial charge in [0.15, 0.2) is 0 Å². The van der Waals surface area contributed by atoms with E-state index in [0.29, 0.717) is 0 Å². The predicted molar refractivity (Wildman–Crippen MR) is 72.5 cm³/mol. The van der Waals surface area contributed by atoms with Gasteiger partial charge >= 0.3 is 0 Å². The van der Waals surface area contributed by atoms with Crippen LogP contribution < -0.4 is 4.72 Å². The Morgan fingerprint density at radius 2 is 1.94 bits per heavy atom. The summed E-state index contributed by atoms with van der Waals surface area (Å²) in [4.78, 5) is -0.0873. The zero-order chi connectivity index (χ0) is 13.9. The zero-order valence-electron chi connectivity index (χ0n) is 10.0. The lowest BCUT2D eigenvalue weighted by molar-refractivity contribution is 0.227. The summed E-state index contributed by atoms with van der Waals surface area (Å²) in [6, 6.07) is 3.82. The topological polar surface area (TPSA) is 66.4 Å². The Balaban J connectivity index is 3.11. The molecule has 0 aromatic heterocycles. The standard InChI is InChI=1S/C11H15Cl2NO3S/c1-7(2)9(6-15)14-18(16,17)10-5-3-4-8(12)11(10)13/h3-5,7,9,14-15H,6H2,1-2H3. The molecule has 0 saturated heterocycles. The monoisotopic (exact) mass is 311 g/mol. The van der Waals surface area contributed by atoms with Crippen molar-refractivity contribution in [2.75, 3.05) is 6.61 Å². The molecule has 0 radical (unpaired) electrons. The van der Waals surface area contributed by atoms with Crippen LogP contribution in [0, 0.1) is 5.92 Å². The molecule has 0 aliphatic heterocycles. The first kappa shape index (κ1) is 15.7. The molecule has 0 amide bonds. The van der Waals surface area contributed by atoms with Gasteiger partial charge in [-0.05, 0) is 18.1 Å². The van der Waals surface area contributed by atoms with E-state index in [0.717, 1.165) is 0 Å². The van der Waals surface area contributed by atoms with E-state index in [9.17, 15) is 8.42 Å². The molecule has 0 aliphatic rings. The molecule has 1 aromatic carbocycles. The summed E-state index contributed by atoms with van der Waals surface area (Å²) in [7, 11) is -3.80. The van der Waals surface area contributed by atoms with Crippen LogP contribution in [0.2, 0.25) is 10.0 Å². The van der Waals surface area contributed by atoms with E-state index >= 15 is 0 Å². The summed E-state index contributed by atoms with van der Waals surface area (Å²) < 4.78 is 26.6. The minimum absolute atomic E-state index is 0.0212. The Hall–Kier alpha value is -0.330. The Morgan fingerprint density at radius 1 is 1.33 bits per heavy atom. The molecule has 1 atom stereocenters. The largest absolute Gasteiger partial charge is 0.395 e. The number of hydrogen-bond acceptors (Lipinski definition) is 3. The Morgan fingerprint density at radius 3 is 2.44 bits per heavy atom. The maximum atomic E-state index is 12.1. The summed E-state index contributed by atoms with van der Waals surface area (Å²) in [5.74, 6) is -0.0391. The van der Waals surface area contributed by atoms with Crippen LogP contribution >= 0.6 is 23.2 Å². The minimum Gasteiger partial charge on any atom is -0.395 e. The van der Waals surface area contributed by atoms with Crippen molar-refractivity contribution in [3.05, 3.63) is 28.2 Å². The highest BCUT2D eigenvalue weighted by Crippen LogP contribution is 2.29. The highest BCUT2D eigenvalue weighted by molar-refractivity contribution is 7.89. The van der Waals surface area contributed by atoms with Crippen molar-refractivity contribution in [1.82, 2.24) is 4.72 Å². The quantitative estimate of drug-likeness (QED) is 0.876. The molecule has 0 saturated carbocycles. The summed E-state index contributed by atoms with van der Waals surface area (Å²) in [6.07, 6.45) is 0. The first-order valence-electron chi connectivity index (χ1n) is 5.36. The molecule has 1 rings (SSSR count). The molecule has 7 heteroatoms. The number of aliphatic hydroxyl groups excluding tert-OH is 1. The molecule has 102 valence electrons. The van der Waals surface area contributed by atoms with Crippen LogP contribution in [0.1, 0.15) is 13.8 Å². The van der Waals surface area contributed by atoms with Gasteiger partial charge < -0.3 is 5.11 Å². The van der Waals surface area contributed by atoms with Crippen LogP contribution in [0.15, 0.2) is 23.1 Å². The molecule has 0 bridgehead atoms. The van der Waals surface area contributed by atoms with Crippen molar-refractivity contribution in [2.24, 2.45) is 5.92 Å². The molecule has 0 spiro atoms.